The minimum absolute atomic E-state index is 0. The van der Waals surface area contributed by atoms with E-state index in [1.807, 2.05) is 0 Å². The maximum atomic E-state index is 10.4. The third kappa shape index (κ3) is 4.62. The quantitative estimate of drug-likeness (QED) is 0.629. The number of piperidine rings is 1. The summed E-state index contributed by atoms with van der Waals surface area (Å²) in [7, 11) is 0. The Morgan fingerprint density at radius 2 is 1.82 bits per heavy atom. The molecule has 0 amide bonds. The molecule has 0 atom stereocenters. The van der Waals surface area contributed by atoms with Gasteiger partial charge in [0.05, 0.1) is 6.54 Å². The molecule has 4 heteroatoms. The number of rotatable bonds is 2. The van der Waals surface area contributed by atoms with Crippen molar-refractivity contribution in [3.05, 3.63) is 0 Å². The lowest BCUT2D eigenvalue weighted by Gasteiger charge is -2.24. The first-order chi connectivity index (χ1) is 4.79. The predicted molar refractivity (Wildman–Crippen MR) is 48.4 cm³/mol. The van der Waals surface area contributed by atoms with Gasteiger partial charge in [0.15, 0.2) is 0 Å². The summed E-state index contributed by atoms with van der Waals surface area (Å²) in [5, 5.41) is -0.234. The maximum absolute atomic E-state index is 10.4. The van der Waals surface area contributed by atoms with Crippen molar-refractivity contribution in [2.24, 2.45) is 0 Å². The summed E-state index contributed by atoms with van der Waals surface area (Å²) in [6, 6.07) is 0. The Labute approximate surface area is 78.3 Å². The molecule has 1 heterocycles. The summed E-state index contributed by atoms with van der Waals surface area (Å²) in [5.41, 5.74) is 0. The molecule has 0 N–H and O–H groups in total. The first-order valence-electron chi connectivity index (χ1n) is 3.70. The topological polar surface area (TPSA) is 20.3 Å². The van der Waals surface area contributed by atoms with Crippen molar-refractivity contribution in [2.75, 3.05) is 19.6 Å². The third-order valence-electron chi connectivity index (χ3n) is 1.80. The zero-order chi connectivity index (χ0) is 7.40. The van der Waals surface area contributed by atoms with Crippen LogP contribution in [0, 0.1) is 0 Å². The van der Waals surface area contributed by atoms with Crippen molar-refractivity contribution in [1.82, 2.24) is 4.90 Å². The van der Waals surface area contributed by atoms with Crippen LogP contribution in [-0.2, 0) is 4.79 Å². The van der Waals surface area contributed by atoms with Gasteiger partial charge in [0.25, 0.3) is 0 Å². The molecule has 0 saturated carbocycles. The molecule has 0 aliphatic carbocycles. The fourth-order valence-corrected chi connectivity index (χ4v) is 1.46. The van der Waals surface area contributed by atoms with Crippen molar-refractivity contribution >= 4 is 29.3 Å². The van der Waals surface area contributed by atoms with E-state index in [-0.39, 0.29) is 17.6 Å². The minimum Gasteiger partial charge on any atom is -0.295 e. The monoisotopic (exact) mass is 197 g/mol. The van der Waals surface area contributed by atoms with Crippen LogP contribution < -0.4 is 0 Å². The molecule has 0 bridgehead atoms. The first kappa shape index (κ1) is 11.2. The zero-order valence-electron chi connectivity index (χ0n) is 6.38. The molecule has 1 fully saturated rings. The number of carbonyl (C=O) groups is 1. The summed E-state index contributed by atoms with van der Waals surface area (Å²) < 4.78 is 0. The van der Waals surface area contributed by atoms with Gasteiger partial charge in [-0.3, -0.25) is 9.69 Å². The molecule has 0 unspecified atom stereocenters. The van der Waals surface area contributed by atoms with Gasteiger partial charge in [0, 0.05) is 0 Å². The summed E-state index contributed by atoms with van der Waals surface area (Å²) in [4.78, 5) is 12.5. The number of halogens is 2. The van der Waals surface area contributed by atoms with Gasteiger partial charge in [-0.25, -0.2) is 0 Å². The van der Waals surface area contributed by atoms with E-state index in [1.54, 1.807) is 0 Å². The lowest BCUT2D eigenvalue weighted by Crippen LogP contribution is -2.32. The Morgan fingerprint density at radius 1 is 1.27 bits per heavy atom. The summed E-state index contributed by atoms with van der Waals surface area (Å²) in [5.74, 6) is 0. The fraction of sp³-hybridized carbons (Fsp3) is 0.857. The first-order valence-corrected chi connectivity index (χ1v) is 4.07. The Bertz CT molecular complexity index is 124. The number of hydrogen-bond donors (Lipinski definition) is 0. The number of carbonyl (C=O) groups excluding carboxylic acids is 1. The summed E-state index contributed by atoms with van der Waals surface area (Å²) in [6.45, 7) is 2.51. The van der Waals surface area contributed by atoms with Crippen molar-refractivity contribution in [1.29, 1.82) is 0 Å². The van der Waals surface area contributed by atoms with Gasteiger partial charge in [-0.1, -0.05) is 6.42 Å². The molecule has 0 aromatic rings. The SMILES string of the molecule is Cl.O=C(Cl)CN1CCCCC1. The van der Waals surface area contributed by atoms with Crippen LogP contribution in [-0.4, -0.2) is 29.8 Å². The van der Waals surface area contributed by atoms with Crippen LogP contribution in [0.1, 0.15) is 19.3 Å². The Kier molecular flexibility index (Phi) is 5.92. The highest BCUT2D eigenvalue weighted by Crippen LogP contribution is 2.07. The fourth-order valence-electron chi connectivity index (χ4n) is 1.29. The van der Waals surface area contributed by atoms with Crippen LogP contribution >= 0.6 is 24.0 Å². The van der Waals surface area contributed by atoms with Gasteiger partial charge >= 0.3 is 0 Å². The average molecular weight is 198 g/mol. The molecule has 0 aromatic heterocycles. The molecule has 11 heavy (non-hydrogen) atoms. The molecule has 1 saturated heterocycles. The van der Waals surface area contributed by atoms with Crippen LogP contribution in [0.3, 0.4) is 0 Å². The van der Waals surface area contributed by atoms with E-state index in [4.69, 9.17) is 11.6 Å². The summed E-state index contributed by atoms with van der Waals surface area (Å²) in [6.07, 6.45) is 3.72. The lowest BCUT2D eigenvalue weighted by atomic mass is 10.1. The van der Waals surface area contributed by atoms with Crippen molar-refractivity contribution in [3.8, 4) is 0 Å². The summed E-state index contributed by atoms with van der Waals surface area (Å²) >= 11 is 5.23. The van der Waals surface area contributed by atoms with Crippen molar-refractivity contribution < 1.29 is 4.79 Å². The average Bonchev–Trinajstić information content (AvgIpc) is 1.88. The Hall–Kier alpha value is 0.210. The van der Waals surface area contributed by atoms with Crippen LogP contribution in [0.25, 0.3) is 0 Å². The van der Waals surface area contributed by atoms with Crippen molar-refractivity contribution in [2.45, 2.75) is 19.3 Å². The van der Waals surface area contributed by atoms with Crippen LogP contribution in [0.5, 0.6) is 0 Å². The minimum atomic E-state index is -0.234. The molecule has 0 aromatic carbocycles. The van der Waals surface area contributed by atoms with E-state index in [0.717, 1.165) is 13.1 Å². The number of likely N-dealkylation sites (tertiary alicyclic amines) is 1. The van der Waals surface area contributed by atoms with Gasteiger partial charge in [-0.05, 0) is 37.5 Å². The van der Waals surface area contributed by atoms with Crippen LogP contribution in [0.4, 0.5) is 0 Å². The molecule has 0 radical (unpaired) electrons. The predicted octanol–water partition coefficient (Wildman–Crippen LogP) is 1.66. The normalized spacial score (nSPS) is 19.0. The molecular formula is C7H13Cl2NO. The maximum Gasteiger partial charge on any atom is 0.235 e. The Balaban J connectivity index is 0.000001000. The van der Waals surface area contributed by atoms with E-state index >= 15 is 0 Å². The highest BCUT2D eigenvalue weighted by atomic mass is 35.5. The van der Waals surface area contributed by atoms with Gasteiger partial charge in [0.1, 0.15) is 0 Å². The second kappa shape index (κ2) is 5.81. The molecule has 1 aliphatic rings. The largest absolute Gasteiger partial charge is 0.295 e. The highest BCUT2D eigenvalue weighted by Gasteiger charge is 2.11. The third-order valence-corrected chi connectivity index (χ3v) is 1.92. The number of hydrogen-bond acceptors (Lipinski definition) is 2. The Morgan fingerprint density at radius 3 is 2.27 bits per heavy atom. The van der Waals surface area contributed by atoms with E-state index < -0.39 is 0 Å². The van der Waals surface area contributed by atoms with Crippen molar-refractivity contribution in [3.63, 3.8) is 0 Å². The smallest absolute Gasteiger partial charge is 0.235 e. The van der Waals surface area contributed by atoms with Crippen LogP contribution in [0.2, 0.25) is 0 Å². The second-order valence-electron chi connectivity index (χ2n) is 2.69. The molecule has 1 rings (SSSR count). The molecule has 1 aliphatic heterocycles. The van der Waals surface area contributed by atoms with Crippen LogP contribution in [0.15, 0.2) is 0 Å². The molecule has 0 spiro atoms. The lowest BCUT2D eigenvalue weighted by molar-refractivity contribution is -0.112. The van der Waals surface area contributed by atoms with E-state index in [0.29, 0.717) is 6.54 Å². The molecular weight excluding hydrogens is 185 g/mol. The molecule has 66 valence electrons. The van der Waals surface area contributed by atoms with E-state index in [9.17, 15) is 4.79 Å². The standard InChI is InChI=1S/C7H12ClNO.ClH/c8-7(10)6-9-4-2-1-3-5-9;/h1-6H2;1H. The second-order valence-corrected chi connectivity index (χ2v) is 3.11. The van der Waals surface area contributed by atoms with Gasteiger partial charge in [-0.15, -0.1) is 12.4 Å². The van der Waals surface area contributed by atoms with Gasteiger partial charge < -0.3 is 0 Å². The van der Waals surface area contributed by atoms with Gasteiger partial charge in [0.2, 0.25) is 5.24 Å². The van der Waals surface area contributed by atoms with Gasteiger partial charge in [-0.2, -0.15) is 0 Å². The zero-order valence-corrected chi connectivity index (χ0v) is 7.96. The molecule has 2 nitrogen and oxygen atoms in total. The number of nitrogens with zero attached hydrogens (tertiary/aromatic N) is 1. The van der Waals surface area contributed by atoms with E-state index in [1.165, 1.54) is 19.3 Å². The van der Waals surface area contributed by atoms with E-state index in [2.05, 4.69) is 4.90 Å². The highest BCUT2D eigenvalue weighted by molar-refractivity contribution is 6.64.